The Morgan fingerprint density at radius 2 is 1.93 bits per heavy atom. The van der Waals surface area contributed by atoms with Crippen LogP contribution in [0.15, 0.2) is 36.4 Å². The molecule has 2 heterocycles. The van der Waals surface area contributed by atoms with E-state index in [4.69, 9.17) is 4.74 Å². The highest BCUT2D eigenvalue weighted by molar-refractivity contribution is 6.07. The van der Waals surface area contributed by atoms with Gasteiger partial charge in [0.15, 0.2) is 5.65 Å². The molecule has 1 atom stereocenters. The van der Waals surface area contributed by atoms with Crippen LogP contribution in [0.25, 0.3) is 11.0 Å². The van der Waals surface area contributed by atoms with Crippen molar-refractivity contribution in [2.24, 2.45) is 7.05 Å². The molecule has 0 saturated heterocycles. The van der Waals surface area contributed by atoms with E-state index >= 15 is 0 Å². The number of esters is 1. The SMILES string of the molecule is COC(=O)C(Cc1ccccc1)NC(=O)c1cc(C)nc2c1c(C)nn2C. The van der Waals surface area contributed by atoms with Gasteiger partial charge in [-0.2, -0.15) is 5.10 Å². The maximum absolute atomic E-state index is 13.0. The third kappa shape index (κ3) is 3.81. The summed E-state index contributed by atoms with van der Waals surface area (Å²) in [7, 11) is 3.10. The van der Waals surface area contributed by atoms with Crippen LogP contribution in [-0.2, 0) is 23.0 Å². The van der Waals surface area contributed by atoms with E-state index in [2.05, 4.69) is 15.4 Å². The van der Waals surface area contributed by atoms with E-state index in [1.54, 1.807) is 17.8 Å². The lowest BCUT2D eigenvalue weighted by molar-refractivity contribution is -0.142. The van der Waals surface area contributed by atoms with E-state index in [9.17, 15) is 9.59 Å². The minimum atomic E-state index is -0.787. The molecule has 1 aromatic carbocycles. The lowest BCUT2D eigenvalue weighted by Crippen LogP contribution is -2.43. The first-order valence-corrected chi connectivity index (χ1v) is 8.64. The predicted molar refractivity (Wildman–Crippen MR) is 101 cm³/mol. The third-order valence-corrected chi connectivity index (χ3v) is 4.42. The summed E-state index contributed by atoms with van der Waals surface area (Å²) in [4.78, 5) is 29.7. The fourth-order valence-corrected chi connectivity index (χ4v) is 3.17. The second kappa shape index (κ2) is 7.57. The number of fused-ring (bicyclic) bond motifs is 1. The Hall–Kier alpha value is -3.22. The van der Waals surface area contributed by atoms with E-state index in [0.717, 1.165) is 5.56 Å². The number of amides is 1. The zero-order valence-corrected chi connectivity index (χ0v) is 15.8. The van der Waals surface area contributed by atoms with Gasteiger partial charge in [0.25, 0.3) is 5.91 Å². The molecule has 0 radical (unpaired) electrons. The zero-order valence-electron chi connectivity index (χ0n) is 15.8. The molecule has 2 aromatic heterocycles. The highest BCUT2D eigenvalue weighted by Crippen LogP contribution is 2.22. The predicted octanol–water partition coefficient (Wildman–Crippen LogP) is 2.10. The molecule has 3 rings (SSSR count). The van der Waals surface area contributed by atoms with Crippen molar-refractivity contribution in [3.05, 3.63) is 58.9 Å². The summed E-state index contributed by atoms with van der Waals surface area (Å²) in [6.07, 6.45) is 0.346. The molecule has 140 valence electrons. The standard InChI is InChI=1S/C20H22N4O3/c1-12-10-15(17-13(2)23-24(3)18(17)21-12)19(25)22-16(20(26)27-4)11-14-8-6-5-7-9-14/h5-10,16H,11H2,1-4H3,(H,22,25). The first kappa shape index (κ1) is 18.6. The fraction of sp³-hybridized carbons (Fsp3) is 0.300. The number of nitrogens with zero attached hydrogens (tertiary/aromatic N) is 3. The van der Waals surface area contributed by atoms with Gasteiger partial charge in [-0.25, -0.2) is 9.78 Å². The number of hydrogen-bond donors (Lipinski definition) is 1. The van der Waals surface area contributed by atoms with Crippen LogP contribution in [0, 0.1) is 13.8 Å². The number of methoxy groups -OCH3 is 1. The van der Waals surface area contributed by atoms with Gasteiger partial charge in [-0.3, -0.25) is 9.48 Å². The Labute approximate surface area is 157 Å². The van der Waals surface area contributed by atoms with Crippen molar-refractivity contribution < 1.29 is 14.3 Å². The van der Waals surface area contributed by atoms with Gasteiger partial charge in [0.05, 0.1) is 23.8 Å². The normalized spacial score (nSPS) is 12.0. The van der Waals surface area contributed by atoms with Crippen molar-refractivity contribution in [2.75, 3.05) is 7.11 Å². The smallest absolute Gasteiger partial charge is 0.328 e. The summed E-state index contributed by atoms with van der Waals surface area (Å²) < 4.78 is 6.53. The molecule has 0 saturated carbocycles. The average Bonchev–Trinajstić information content (AvgIpc) is 2.94. The largest absolute Gasteiger partial charge is 0.467 e. The number of aryl methyl sites for hydroxylation is 3. The highest BCUT2D eigenvalue weighted by atomic mass is 16.5. The van der Waals surface area contributed by atoms with Gasteiger partial charge in [0.1, 0.15) is 6.04 Å². The number of hydrogen-bond acceptors (Lipinski definition) is 5. The molecule has 0 bridgehead atoms. The molecule has 1 unspecified atom stereocenters. The lowest BCUT2D eigenvalue weighted by atomic mass is 10.0. The first-order valence-electron chi connectivity index (χ1n) is 8.64. The van der Waals surface area contributed by atoms with Crippen molar-refractivity contribution in [3.8, 4) is 0 Å². The monoisotopic (exact) mass is 366 g/mol. The van der Waals surface area contributed by atoms with Gasteiger partial charge >= 0.3 is 5.97 Å². The number of benzene rings is 1. The van der Waals surface area contributed by atoms with Crippen LogP contribution in [0.3, 0.4) is 0 Å². The molecule has 0 aliphatic heterocycles. The summed E-state index contributed by atoms with van der Waals surface area (Å²) in [6, 6.07) is 10.4. The van der Waals surface area contributed by atoms with Crippen LogP contribution in [-0.4, -0.2) is 39.8 Å². The fourth-order valence-electron chi connectivity index (χ4n) is 3.17. The average molecular weight is 366 g/mol. The van der Waals surface area contributed by atoms with E-state index in [0.29, 0.717) is 34.4 Å². The van der Waals surface area contributed by atoms with Crippen LogP contribution < -0.4 is 5.32 Å². The van der Waals surface area contributed by atoms with Gasteiger partial charge in [0.2, 0.25) is 0 Å². The quantitative estimate of drug-likeness (QED) is 0.699. The molecule has 0 aliphatic carbocycles. The second-order valence-electron chi connectivity index (χ2n) is 6.46. The number of ether oxygens (including phenoxy) is 1. The summed E-state index contributed by atoms with van der Waals surface area (Å²) in [6.45, 7) is 3.65. The van der Waals surface area contributed by atoms with E-state index in [1.807, 2.05) is 44.2 Å². The van der Waals surface area contributed by atoms with Gasteiger partial charge in [0, 0.05) is 19.2 Å². The summed E-state index contributed by atoms with van der Waals surface area (Å²) in [5, 5.41) is 7.85. The van der Waals surface area contributed by atoms with Crippen molar-refractivity contribution >= 4 is 22.9 Å². The molecule has 27 heavy (non-hydrogen) atoms. The topological polar surface area (TPSA) is 86.1 Å². The Bertz CT molecular complexity index is 995. The number of aromatic nitrogens is 3. The van der Waals surface area contributed by atoms with Crippen molar-refractivity contribution in [2.45, 2.75) is 26.3 Å². The van der Waals surface area contributed by atoms with Gasteiger partial charge in [-0.15, -0.1) is 0 Å². The number of carbonyl (C=O) groups is 2. The minimum absolute atomic E-state index is 0.346. The number of pyridine rings is 1. The number of rotatable bonds is 5. The Kier molecular flexibility index (Phi) is 5.21. The molecule has 7 heteroatoms. The van der Waals surface area contributed by atoms with E-state index < -0.39 is 12.0 Å². The molecule has 7 nitrogen and oxygen atoms in total. The molecule has 0 spiro atoms. The molecular weight excluding hydrogens is 344 g/mol. The summed E-state index contributed by atoms with van der Waals surface area (Å²) in [5.41, 5.74) is 3.43. The van der Waals surface area contributed by atoms with Crippen LogP contribution in [0.4, 0.5) is 0 Å². The number of carbonyl (C=O) groups excluding carboxylic acids is 2. The van der Waals surface area contributed by atoms with Crippen LogP contribution >= 0.6 is 0 Å². The second-order valence-corrected chi connectivity index (χ2v) is 6.46. The first-order chi connectivity index (χ1) is 12.9. The highest BCUT2D eigenvalue weighted by Gasteiger charge is 2.25. The molecule has 1 amide bonds. The number of nitrogens with one attached hydrogen (secondary N) is 1. The molecular formula is C20H22N4O3. The Morgan fingerprint density at radius 3 is 2.59 bits per heavy atom. The molecule has 0 fully saturated rings. The Balaban J connectivity index is 1.94. The Morgan fingerprint density at radius 1 is 1.22 bits per heavy atom. The molecule has 0 aliphatic rings. The van der Waals surface area contributed by atoms with Crippen molar-refractivity contribution in [3.63, 3.8) is 0 Å². The van der Waals surface area contributed by atoms with E-state index in [-0.39, 0.29) is 5.91 Å². The van der Waals surface area contributed by atoms with Gasteiger partial charge in [-0.1, -0.05) is 30.3 Å². The van der Waals surface area contributed by atoms with Crippen LogP contribution in [0.2, 0.25) is 0 Å². The third-order valence-electron chi connectivity index (χ3n) is 4.42. The molecule has 1 N–H and O–H groups in total. The minimum Gasteiger partial charge on any atom is -0.467 e. The van der Waals surface area contributed by atoms with Crippen molar-refractivity contribution in [1.82, 2.24) is 20.1 Å². The van der Waals surface area contributed by atoms with Crippen LogP contribution in [0.1, 0.15) is 27.3 Å². The zero-order chi connectivity index (χ0) is 19.6. The maximum atomic E-state index is 13.0. The maximum Gasteiger partial charge on any atom is 0.328 e. The van der Waals surface area contributed by atoms with Gasteiger partial charge in [-0.05, 0) is 25.5 Å². The lowest BCUT2D eigenvalue weighted by Gasteiger charge is -2.17. The summed E-state index contributed by atoms with van der Waals surface area (Å²) >= 11 is 0. The van der Waals surface area contributed by atoms with Crippen molar-refractivity contribution in [1.29, 1.82) is 0 Å². The summed E-state index contributed by atoms with van der Waals surface area (Å²) in [5.74, 6) is -0.843. The van der Waals surface area contributed by atoms with E-state index in [1.165, 1.54) is 7.11 Å². The van der Waals surface area contributed by atoms with Gasteiger partial charge < -0.3 is 10.1 Å². The van der Waals surface area contributed by atoms with Crippen LogP contribution in [0.5, 0.6) is 0 Å². The molecule has 3 aromatic rings.